The highest BCUT2D eigenvalue weighted by Gasteiger charge is 2.12. The summed E-state index contributed by atoms with van der Waals surface area (Å²) in [5.41, 5.74) is 2.45. The van der Waals surface area contributed by atoms with Gasteiger partial charge in [0.05, 0.1) is 18.3 Å². The second kappa shape index (κ2) is 5.02. The topological polar surface area (TPSA) is 60.8 Å². The molecule has 0 aliphatic rings. The van der Waals surface area contributed by atoms with E-state index < -0.39 is 0 Å². The maximum absolute atomic E-state index is 6.17. The quantitative estimate of drug-likeness (QED) is 0.724. The van der Waals surface area contributed by atoms with Crippen molar-refractivity contribution < 1.29 is 4.74 Å². The Kier molecular flexibility index (Phi) is 3.20. The van der Waals surface area contributed by atoms with Gasteiger partial charge in [0, 0.05) is 23.3 Å². The third kappa shape index (κ3) is 2.16. The molecular weight excluding hydrogens is 276 g/mol. The maximum atomic E-state index is 6.17. The summed E-state index contributed by atoms with van der Waals surface area (Å²) >= 11 is 6.17. The summed E-state index contributed by atoms with van der Waals surface area (Å²) < 4.78 is 5.35. The Hall–Kier alpha value is -2.27. The van der Waals surface area contributed by atoms with E-state index in [-0.39, 0.29) is 0 Å². The number of halogens is 1. The van der Waals surface area contributed by atoms with Crippen LogP contribution in [0.25, 0.3) is 22.3 Å². The Labute approximate surface area is 120 Å². The van der Waals surface area contributed by atoms with Crippen molar-refractivity contribution >= 4 is 22.5 Å². The molecule has 0 aliphatic heterocycles. The van der Waals surface area contributed by atoms with E-state index in [1.54, 1.807) is 19.5 Å². The molecule has 0 saturated carbocycles. The number of rotatable bonds is 2. The summed E-state index contributed by atoms with van der Waals surface area (Å²) in [6, 6.07) is 3.72. The fourth-order valence-electron chi connectivity index (χ4n) is 1.93. The highest BCUT2D eigenvalue weighted by molar-refractivity contribution is 6.35. The van der Waals surface area contributed by atoms with E-state index in [0.29, 0.717) is 22.1 Å². The average Bonchev–Trinajstić information content (AvgIpc) is 2.47. The van der Waals surface area contributed by atoms with Gasteiger partial charge < -0.3 is 4.74 Å². The predicted molar refractivity (Wildman–Crippen MR) is 76.9 cm³/mol. The monoisotopic (exact) mass is 286 g/mol. The fourth-order valence-corrected chi connectivity index (χ4v) is 2.11. The molecule has 3 rings (SSSR count). The zero-order valence-corrected chi connectivity index (χ0v) is 11.7. The highest BCUT2D eigenvalue weighted by atomic mass is 35.5. The van der Waals surface area contributed by atoms with Crippen molar-refractivity contribution in [1.29, 1.82) is 0 Å². The number of methoxy groups -OCH3 is 1. The van der Waals surface area contributed by atoms with Gasteiger partial charge in [0.15, 0.2) is 5.82 Å². The van der Waals surface area contributed by atoms with Crippen molar-refractivity contribution in [2.45, 2.75) is 6.92 Å². The lowest BCUT2D eigenvalue weighted by Crippen LogP contribution is -1.94. The highest BCUT2D eigenvalue weighted by Crippen LogP contribution is 2.32. The summed E-state index contributed by atoms with van der Waals surface area (Å²) in [6.45, 7) is 1.94. The average molecular weight is 287 g/mol. The molecular formula is C14H11ClN4O. The molecule has 100 valence electrons. The number of nitrogens with zero attached hydrogens (tertiary/aromatic N) is 4. The van der Waals surface area contributed by atoms with Crippen molar-refractivity contribution in [3.05, 3.63) is 41.3 Å². The molecule has 0 saturated heterocycles. The third-order valence-corrected chi connectivity index (χ3v) is 3.22. The van der Waals surface area contributed by atoms with Crippen molar-refractivity contribution in [3.8, 4) is 17.1 Å². The Morgan fingerprint density at radius 2 is 1.85 bits per heavy atom. The van der Waals surface area contributed by atoms with Crippen molar-refractivity contribution in [3.63, 3.8) is 0 Å². The number of benzene rings is 1. The molecule has 3 aromatic rings. The Morgan fingerprint density at radius 1 is 1.10 bits per heavy atom. The minimum atomic E-state index is 0.516. The van der Waals surface area contributed by atoms with Gasteiger partial charge in [-0.05, 0) is 24.6 Å². The number of aryl methyl sites for hydroxylation is 1. The Morgan fingerprint density at radius 3 is 2.55 bits per heavy atom. The second-order valence-electron chi connectivity index (χ2n) is 4.35. The summed E-state index contributed by atoms with van der Waals surface area (Å²) in [4.78, 5) is 8.63. The molecule has 0 unspecified atom stereocenters. The van der Waals surface area contributed by atoms with Gasteiger partial charge >= 0.3 is 0 Å². The van der Waals surface area contributed by atoms with Gasteiger partial charge in [0.25, 0.3) is 0 Å². The lowest BCUT2D eigenvalue weighted by atomic mass is 10.1. The first-order chi connectivity index (χ1) is 9.69. The molecule has 1 aromatic carbocycles. The van der Waals surface area contributed by atoms with E-state index in [1.807, 2.05) is 19.1 Å². The maximum Gasteiger partial charge on any atom is 0.159 e. The van der Waals surface area contributed by atoms with E-state index in [2.05, 4.69) is 20.2 Å². The van der Waals surface area contributed by atoms with E-state index in [0.717, 1.165) is 16.5 Å². The molecule has 0 aliphatic carbocycles. The van der Waals surface area contributed by atoms with Crippen molar-refractivity contribution in [2.24, 2.45) is 0 Å². The lowest BCUT2D eigenvalue weighted by Gasteiger charge is -2.08. The number of hydrogen-bond acceptors (Lipinski definition) is 5. The first kappa shape index (κ1) is 12.7. The molecule has 0 N–H and O–H groups in total. The van der Waals surface area contributed by atoms with E-state index in [4.69, 9.17) is 16.3 Å². The second-order valence-corrected chi connectivity index (χ2v) is 4.76. The first-order valence-corrected chi connectivity index (χ1v) is 6.35. The number of ether oxygens (including phenoxy) is 1. The number of fused-ring (bicyclic) bond motifs is 1. The normalized spacial score (nSPS) is 10.8. The van der Waals surface area contributed by atoms with E-state index in [1.165, 1.54) is 6.20 Å². The molecule has 5 nitrogen and oxygen atoms in total. The van der Waals surface area contributed by atoms with Crippen LogP contribution in [0, 0.1) is 6.92 Å². The predicted octanol–water partition coefficient (Wildman–Crippen LogP) is 3.06. The van der Waals surface area contributed by atoms with Crippen LogP contribution in [0.5, 0.6) is 5.75 Å². The van der Waals surface area contributed by atoms with Gasteiger partial charge in [-0.3, -0.25) is 0 Å². The van der Waals surface area contributed by atoms with Crippen LogP contribution in [0.3, 0.4) is 0 Å². The summed E-state index contributed by atoms with van der Waals surface area (Å²) in [7, 11) is 1.58. The number of hydrogen-bond donors (Lipinski definition) is 0. The minimum absolute atomic E-state index is 0.516. The van der Waals surface area contributed by atoms with Crippen LogP contribution in [0.2, 0.25) is 5.02 Å². The standard InChI is InChI=1S/C14H11ClN4O/c1-8-5-16-14(17-6-8)9-3-10-11(15)7-18-19-13(10)12(4-9)20-2/h3-7H,1-2H3. The van der Waals surface area contributed by atoms with Crippen LogP contribution in [0.4, 0.5) is 0 Å². The molecule has 0 spiro atoms. The number of aromatic nitrogens is 4. The van der Waals surface area contributed by atoms with Gasteiger partial charge in [0.1, 0.15) is 11.3 Å². The molecule has 2 aromatic heterocycles. The minimum Gasteiger partial charge on any atom is -0.494 e. The van der Waals surface area contributed by atoms with Gasteiger partial charge in [-0.25, -0.2) is 9.97 Å². The molecule has 0 radical (unpaired) electrons. The molecule has 0 amide bonds. The van der Waals surface area contributed by atoms with Crippen LogP contribution >= 0.6 is 11.6 Å². The first-order valence-electron chi connectivity index (χ1n) is 5.97. The molecule has 0 bridgehead atoms. The fraction of sp³-hybridized carbons (Fsp3) is 0.143. The largest absolute Gasteiger partial charge is 0.494 e. The van der Waals surface area contributed by atoms with Crippen LogP contribution in [-0.4, -0.2) is 27.3 Å². The van der Waals surface area contributed by atoms with Gasteiger partial charge in [-0.2, -0.15) is 5.10 Å². The Bertz CT molecular complexity index is 774. The van der Waals surface area contributed by atoms with Crippen LogP contribution in [-0.2, 0) is 0 Å². The molecule has 2 heterocycles. The van der Waals surface area contributed by atoms with Crippen LogP contribution < -0.4 is 4.74 Å². The SMILES string of the molecule is COc1cc(-c2ncc(C)cn2)cc2c(Cl)cnnc12. The van der Waals surface area contributed by atoms with Crippen LogP contribution in [0.1, 0.15) is 5.56 Å². The van der Waals surface area contributed by atoms with E-state index in [9.17, 15) is 0 Å². The van der Waals surface area contributed by atoms with Crippen molar-refractivity contribution in [2.75, 3.05) is 7.11 Å². The van der Waals surface area contributed by atoms with Gasteiger partial charge in [-0.15, -0.1) is 5.10 Å². The van der Waals surface area contributed by atoms with Crippen molar-refractivity contribution in [1.82, 2.24) is 20.2 Å². The zero-order valence-electron chi connectivity index (χ0n) is 11.0. The smallest absolute Gasteiger partial charge is 0.159 e. The molecule has 0 atom stereocenters. The molecule has 0 fully saturated rings. The van der Waals surface area contributed by atoms with Gasteiger partial charge in [0.2, 0.25) is 0 Å². The summed E-state index contributed by atoms with van der Waals surface area (Å²) in [5.74, 6) is 1.21. The summed E-state index contributed by atoms with van der Waals surface area (Å²) in [5, 5.41) is 9.18. The zero-order chi connectivity index (χ0) is 14.1. The van der Waals surface area contributed by atoms with Crippen LogP contribution in [0.15, 0.2) is 30.7 Å². The third-order valence-electron chi connectivity index (χ3n) is 2.92. The molecule has 6 heteroatoms. The Balaban J connectivity index is 2.27. The van der Waals surface area contributed by atoms with Gasteiger partial charge in [-0.1, -0.05) is 11.6 Å². The lowest BCUT2D eigenvalue weighted by molar-refractivity contribution is 0.418. The summed E-state index contributed by atoms with van der Waals surface area (Å²) in [6.07, 6.45) is 5.04. The molecule has 20 heavy (non-hydrogen) atoms. The van der Waals surface area contributed by atoms with E-state index >= 15 is 0 Å².